The van der Waals surface area contributed by atoms with Crippen LogP contribution in [-0.4, -0.2) is 47.0 Å². The molecular formula is C17H23N3O. The molecule has 0 amide bonds. The fourth-order valence-corrected chi connectivity index (χ4v) is 2.83. The summed E-state index contributed by atoms with van der Waals surface area (Å²) in [6.45, 7) is 4.92. The van der Waals surface area contributed by atoms with Crippen LogP contribution in [0.5, 0.6) is 0 Å². The van der Waals surface area contributed by atoms with Gasteiger partial charge in [-0.3, -0.25) is 4.68 Å². The Morgan fingerprint density at radius 2 is 2.10 bits per heavy atom. The molecule has 1 aliphatic rings. The summed E-state index contributed by atoms with van der Waals surface area (Å²) in [5.41, 5.74) is 1.41. The molecule has 3 rings (SSSR count). The Morgan fingerprint density at radius 3 is 2.90 bits per heavy atom. The average molecular weight is 285 g/mol. The maximum atomic E-state index is 5.96. The molecule has 0 unspecified atom stereocenters. The minimum Gasteiger partial charge on any atom is -0.375 e. The Bertz CT molecular complexity index is 512. The highest BCUT2D eigenvalue weighted by molar-refractivity contribution is 5.14. The lowest BCUT2D eigenvalue weighted by atomic mass is 10.1. The predicted octanol–water partition coefficient (Wildman–Crippen LogP) is 2.22. The SMILES string of the molecule is c1ccc(CCN2CCCO[C@H](Cn3cccn3)C2)cc1. The first-order chi connectivity index (χ1) is 10.4. The second-order valence-corrected chi connectivity index (χ2v) is 5.61. The third kappa shape index (κ3) is 4.41. The number of ether oxygens (including phenoxy) is 1. The van der Waals surface area contributed by atoms with E-state index in [-0.39, 0.29) is 6.10 Å². The zero-order chi connectivity index (χ0) is 14.3. The smallest absolute Gasteiger partial charge is 0.0897 e. The van der Waals surface area contributed by atoms with Crippen molar-refractivity contribution in [3.8, 4) is 0 Å². The molecule has 4 nitrogen and oxygen atoms in total. The van der Waals surface area contributed by atoms with Crippen molar-refractivity contribution in [2.75, 3.05) is 26.2 Å². The standard InChI is InChI=1S/C17H23N3O/c1-2-6-16(7-3-1)8-12-19-10-5-13-21-17(14-19)15-20-11-4-9-18-20/h1-4,6-7,9,11,17H,5,8,10,12-15H2/t17-/m0/s1. The van der Waals surface area contributed by atoms with Crippen LogP contribution in [0.25, 0.3) is 0 Å². The van der Waals surface area contributed by atoms with Crippen molar-refractivity contribution in [3.05, 3.63) is 54.4 Å². The van der Waals surface area contributed by atoms with Crippen LogP contribution in [0.3, 0.4) is 0 Å². The lowest BCUT2D eigenvalue weighted by Gasteiger charge is -2.23. The molecule has 1 fully saturated rings. The van der Waals surface area contributed by atoms with E-state index in [0.29, 0.717) is 0 Å². The van der Waals surface area contributed by atoms with Gasteiger partial charge in [-0.15, -0.1) is 0 Å². The topological polar surface area (TPSA) is 30.3 Å². The van der Waals surface area contributed by atoms with Gasteiger partial charge in [-0.25, -0.2) is 0 Å². The molecule has 1 atom stereocenters. The fourth-order valence-electron chi connectivity index (χ4n) is 2.83. The van der Waals surface area contributed by atoms with Crippen LogP contribution < -0.4 is 0 Å². The molecule has 1 aromatic carbocycles. The molecular weight excluding hydrogens is 262 g/mol. The van der Waals surface area contributed by atoms with Crippen molar-refractivity contribution in [3.63, 3.8) is 0 Å². The summed E-state index contributed by atoms with van der Waals surface area (Å²) in [6, 6.07) is 12.7. The highest BCUT2D eigenvalue weighted by Gasteiger charge is 2.19. The van der Waals surface area contributed by atoms with Gasteiger partial charge in [-0.05, 0) is 24.5 Å². The number of benzene rings is 1. The van der Waals surface area contributed by atoms with Crippen molar-refractivity contribution in [1.29, 1.82) is 0 Å². The Balaban J connectivity index is 1.52. The minimum atomic E-state index is 0.239. The average Bonchev–Trinajstić information content (AvgIpc) is 2.92. The molecule has 0 bridgehead atoms. The van der Waals surface area contributed by atoms with Crippen LogP contribution in [0.4, 0.5) is 0 Å². The van der Waals surface area contributed by atoms with E-state index in [1.807, 2.05) is 23.1 Å². The first-order valence-electron chi connectivity index (χ1n) is 7.75. The van der Waals surface area contributed by atoms with E-state index in [2.05, 4.69) is 40.3 Å². The van der Waals surface area contributed by atoms with Gasteiger partial charge >= 0.3 is 0 Å². The molecule has 0 N–H and O–H groups in total. The molecule has 1 aromatic heterocycles. The van der Waals surface area contributed by atoms with Gasteiger partial charge in [0.05, 0.1) is 12.6 Å². The van der Waals surface area contributed by atoms with Gasteiger partial charge in [-0.2, -0.15) is 5.10 Å². The van der Waals surface area contributed by atoms with E-state index in [4.69, 9.17) is 4.74 Å². The van der Waals surface area contributed by atoms with Crippen molar-refractivity contribution in [2.45, 2.75) is 25.5 Å². The van der Waals surface area contributed by atoms with E-state index in [1.165, 1.54) is 5.56 Å². The largest absolute Gasteiger partial charge is 0.375 e. The second-order valence-electron chi connectivity index (χ2n) is 5.61. The van der Waals surface area contributed by atoms with Gasteiger partial charge in [0.15, 0.2) is 0 Å². The maximum absolute atomic E-state index is 5.96. The van der Waals surface area contributed by atoms with Crippen molar-refractivity contribution in [2.24, 2.45) is 0 Å². The normalized spacial score (nSPS) is 20.3. The predicted molar refractivity (Wildman–Crippen MR) is 83.2 cm³/mol. The van der Waals surface area contributed by atoms with Crippen LogP contribution in [0.2, 0.25) is 0 Å². The number of nitrogens with zero attached hydrogens (tertiary/aromatic N) is 3. The van der Waals surface area contributed by atoms with E-state index in [9.17, 15) is 0 Å². The summed E-state index contributed by atoms with van der Waals surface area (Å²) in [7, 11) is 0. The Hall–Kier alpha value is -1.65. The van der Waals surface area contributed by atoms with Gasteiger partial charge in [0.25, 0.3) is 0 Å². The molecule has 0 saturated carbocycles. The van der Waals surface area contributed by atoms with Crippen LogP contribution in [-0.2, 0) is 17.7 Å². The fraction of sp³-hybridized carbons (Fsp3) is 0.471. The summed E-state index contributed by atoms with van der Waals surface area (Å²) < 4.78 is 7.92. The number of aromatic nitrogens is 2. The molecule has 1 aliphatic heterocycles. The monoisotopic (exact) mass is 285 g/mol. The zero-order valence-electron chi connectivity index (χ0n) is 12.4. The third-order valence-electron chi connectivity index (χ3n) is 3.94. The summed E-state index contributed by atoms with van der Waals surface area (Å²) in [6.07, 6.45) is 6.29. The molecule has 0 aliphatic carbocycles. The summed E-state index contributed by atoms with van der Waals surface area (Å²) >= 11 is 0. The van der Waals surface area contributed by atoms with Crippen LogP contribution >= 0.6 is 0 Å². The molecule has 4 heteroatoms. The highest BCUT2D eigenvalue weighted by Crippen LogP contribution is 2.09. The van der Waals surface area contributed by atoms with E-state index in [1.54, 1.807) is 0 Å². The number of rotatable bonds is 5. The van der Waals surface area contributed by atoms with Gasteiger partial charge in [-0.1, -0.05) is 30.3 Å². The summed E-state index contributed by atoms with van der Waals surface area (Å²) in [5, 5.41) is 4.28. The van der Waals surface area contributed by atoms with Crippen LogP contribution in [0.15, 0.2) is 48.8 Å². The Morgan fingerprint density at radius 1 is 1.19 bits per heavy atom. The Kier molecular flexibility index (Phi) is 5.03. The van der Waals surface area contributed by atoms with E-state index >= 15 is 0 Å². The first kappa shape index (κ1) is 14.3. The molecule has 21 heavy (non-hydrogen) atoms. The zero-order valence-corrected chi connectivity index (χ0v) is 12.4. The van der Waals surface area contributed by atoms with Crippen molar-refractivity contribution < 1.29 is 4.74 Å². The quantitative estimate of drug-likeness (QED) is 0.844. The molecule has 112 valence electrons. The van der Waals surface area contributed by atoms with Crippen LogP contribution in [0, 0.1) is 0 Å². The molecule has 0 radical (unpaired) electrons. The van der Waals surface area contributed by atoms with Crippen LogP contribution in [0.1, 0.15) is 12.0 Å². The highest BCUT2D eigenvalue weighted by atomic mass is 16.5. The van der Waals surface area contributed by atoms with Gasteiger partial charge in [0, 0.05) is 38.6 Å². The number of hydrogen-bond acceptors (Lipinski definition) is 3. The van der Waals surface area contributed by atoms with Gasteiger partial charge in [0.2, 0.25) is 0 Å². The second kappa shape index (κ2) is 7.38. The Labute approximate surface area is 126 Å². The molecule has 2 aromatic rings. The van der Waals surface area contributed by atoms with E-state index in [0.717, 1.165) is 45.6 Å². The minimum absolute atomic E-state index is 0.239. The lowest BCUT2D eigenvalue weighted by molar-refractivity contribution is 0.0402. The van der Waals surface area contributed by atoms with E-state index < -0.39 is 0 Å². The third-order valence-corrected chi connectivity index (χ3v) is 3.94. The first-order valence-corrected chi connectivity index (χ1v) is 7.75. The molecule has 1 saturated heterocycles. The maximum Gasteiger partial charge on any atom is 0.0897 e. The molecule has 2 heterocycles. The summed E-state index contributed by atoms with van der Waals surface area (Å²) in [5.74, 6) is 0. The number of hydrogen-bond donors (Lipinski definition) is 0. The molecule has 0 spiro atoms. The summed E-state index contributed by atoms with van der Waals surface area (Å²) in [4.78, 5) is 2.52. The van der Waals surface area contributed by atoms with Crippen molar-refractivity contribution >= 4 is 0 Å². The van der Waals surface area contributed by atoms with Crippen molar-refractivity contribution in [1.82, 2.24) is 14.7 Å². The van der Waals surface area contributed by atoms with Gasteiger partial charge < -0.3 is 9.64 Å². The van der Waals surface area contributed by atoms with Gasteiger partial charge in [0.1, 0.15) is 0 Å². The lowest BCUT2D eigenvalue weighted by Crippen LogP contribution is -2.35.